The minimum Gasteiger partial charge on any atom is -0.399 e. The highest BCUT2D eigenvalue weighted by Gasteiger charge is 2.03. The van der Waals surface area contributed by atoms with Crippen LogP contribution in [0.15, 0.2) is 41.6 Å². The Morgan fingerprint density at radius 1 is 1.39 bits per heavy atom. The molecule has 23 heavy (non-hydrogen) atoms. The molecule has 0 aliphatic rings. The number of ether oxygens (including phenoxy) is 1. The molecule has 1 aromatic heterocycles. The van der Waals surface area contributed by atoms with Crippen molar-refractivity contribution in [1.29, 1.82) is 0 Å². The molecule has 0 saturated heterocycles. The molecule has 1 aromatic carbocycles. The van der Waals surface area contributed by atoms with Crippen LogP contribution in [0.1, 0.15) is 18.1 Å². The first-order valence-electron chi connectivity index (χ1n) is 7.27. The Hall–Kier alpha value is -1.76. The fourth-order valence-corrected chi connectivity index (χ4v) is 2.79. The van der Waals surface area contributed by atoms with Crippen LogP contribution < -0.4 is 11.1 Å². The third-order valence-corrected chi connectivity index (χ3v) is 4.06. The molecule has 2 rings (SSSR count). The van der Waals surface area contributed by atoms with Gasteiger partial charge in [0.05, 0.1) is 5.69 Å². The summed E-state index contributed by atoms with van der Waals surface area (Å²) >= 11 is 1.76. The number of nitrogens with zero attached hydrogens (tertiary/aromatic N) is 1. The van der Waals surface area contributed by atoms with Gasteiger partial charge in [-0.1, -0.05) is 6.07 Å². The molecule has 1 atom stereocenters. The predicted octanol–water partition coefficient (Wildman–Crippen LogP) is 3.28. The van der Waals surface area contributed by atoms with E-state index >= 15 is 0 Å². The molecule has 0 spiro atoms. The lowest BCUT2D eigenvalue weighted by Gasteiger charge is -2.08. The SMILES string of the molecule is CNc1ccncc1SCc1cc(C)cc(N)c1.COC(C)O. The number of rotatable bonds is 5. The third kappa shape index (κ3) is 7.36. The van der Waals surface area contributed by atoms with Gasteiger partial charge in [-0.2, -0.15) is 0 Å². The molecule has 126 valence electrons. The minimum atomic E-state index is -0.616. The molecule has 0 aliphatic carbocycles. The summed E-state index contributed by atoms with van der Waals surface area (Å²) in [5, 5.41) is 11.3. The topological polar surface area (TPSA) is 80.4 Å². The highest BCUT2D eigenvalue weighted by molar-refractivity contribution is 7.98. The Kier molecular flexibility index (Phi) is 8.47. The van der Waals surface area contributed by atoms with E-state index in [1.54, 1.807) is 24.9 Å². The van der Waals surface area contributed by atoms with Gasteiger partial charge in [-0.05, 0) is 43.2 Å². The van der Waals surface area contributed by atoms with Gasteiger partial charge < -0.3 is 20.9 Å². The van der Waals surface area contributed by atoms with Gasteiger partial charge in [0.15, 0.2) is 6.29 Å². The van der Waals surface area contributed by atoms with Crippen molar-refractivity contribution in [2.75, 3.05) is 25.2 Å². The van der Waals surface area contributed by atoms with Crippen molar-refractivity contribution in [1.82, 2.24) is 4.98 Å². The van der Waals surface area contributed by atoms with E-state index in [1.807, 2.05) is 31.4 Å². The molecule has 0 fully saturated rings. The quantitative estimate of drug-likeness (QED) is 0.442. The summed E-state index contributed by atoms with van der Waals surface area (Å²) in [6.07, 6.45) is 3.06. The Morgan fingerprint density at radius 3 is 2.65 bits per heavy atom. The predicted molar refractivity (Wildman–Crippen MR) is 97.6 cm³/mol. The van der Waals surface area contributed by atoms with Crippen molar-refractivity contribution < 1.29 is 9.84 Å². The summed E-state index contributed by atoms with van der Waals surface area (Å²) in [5.74, 6) is 0.895. The number of anilines is 2. The lowest BCUT2D eigenvalue weighted by atomic mass is 10.1. The van der Waals surface area contributed by atoms with Crippen LogP contribution in [0.25, 0.3) is 0 Å². The number of nitrogen functional groups attached to an aromatic ring is 1. The van der Waals surface area contributed by atoms with Crippen molar-refractivity contribution >= 4 is 23.1 Å². The molecule has 1 unspecified atom stereocenters. The van der Waals surface area contributed by atoms with Gasteiger partial charge in [0.1, 0.15) is 0 Å². The van der Waals surface area contributed by atoms with Gasteiger partial charge in [-0.15, -0.1) is 11.8 Å². The fraction of sp³-hybridized carbons (Fsp3) is 0.353. The maximum Gasteiger partial charge on any atom is 0.151 e. The molecule has 4 N–H and O–H groups in total. The summed E-state index contributed by atoms with van der Waals surface area (Å²) in [6, 6.07) is 8.15. The van der Waals surface area contributed by atoms with E-state index in [2.05, 4.69) is 28.0 Å². The van der Waals surface area contributed by atoms with Crippen molar-refractivity contribution in [3.8, 4) is 0 Å². The Balaban J connectivity index is 0.000000463. The summed E-state index contributed by atoms with van der Waals surface area (Å²) < 4.78 is 4.31. The summed E-state index contributed by atoms with van der Waals surface area (Å²) in [7, 11) is 3.37. The lowest BCUT2D eigenvalue weighted by molar-refractivity contribution is -0.0583. The second kappa shape index (κ2) is 10.1. The largest absolute Gasteiger partial charge is 0.399 e. The Morgan fingerprint density at radius 2 is 2.09 bits per heavy atom. The molecule has 0 radical (unpaired) electrons. The summed E-state index contributed by atoms with van der Waals surface area (Å²) in [5.41, 5.74) is 10.2. The van der Waals surface area contributed by atoms with Gasteiger partial charge in [0.2, 0.25) is 0 Å². The zero-order chi connectivity index (χ0) is 17.2. The first-order valence-corrected chi connectivity index (χ1v) is 8.26. The van der Waals surface area contributed by atoms with E-state index in [0.717, 1.165) is 22.0 Å². The van der Waals surface area contributed by atoms with Crippen molar-refractivity contribution in [3.63, 3.8) is 0 Å². The van der Waals surface area contributed by atoms with Crippen LogP contribution in [0.2, 0.25) is 0 Å². The van der Waals surface area contributed by atoms with E-state index in [0.29, 0.717) is 0 Å². The number of thioether (sulfide) groups is 1. The van der Waals surface area contributed by atoms with Gasteiger partial charge in [-0.3, -0.25) is 4.98 Å². The Bertz CT molecular complexity index is 586. The van der Waals surface area contributed by atoms with E-state index < -0.39 is 6.29 Å². The van der Waals surface area contributed by atoms with Crippen LogP contribution in [-0.4, -0.2) is 30.5 Å². The number of benzene rings is 1. The van der Waals surface area contributed by atoms with Crippen LogP contribution in [0.5, 0.6) is 0 Å². The molecule has 0 aliphatic heterocycles. The molecule has 0 saturated carbocycles. The van der Waals surface area contributed by atoms with Gasteiger partial charge in [-0.25, -0.2) is 0 Å². The molecular formula is C17H25N3O2S. The maximum atomic E-state index is 8.14. The highest BCUT2D eigenvalue weighted by Crippen LogP contribution is 2.29. The fourth-order valence-electron chi connectivity index (χ4n) is 1.84. The van der Waals surface area contributed by atoms with E-state index in [-0.39, 0.29) is 0 Å². The number of hydrogen-bond donors (Lipinski definition) is 3. The highest BCUT2D eigenvalue weighted by atomic mass is 32.2. The minimum absolute atomic E-state index is 0.616. The lowest BCUT2D eigenvalue weighted by Crippen LogP contribution is -1.99. The number of aryl methyl sites for hydroxylation is 1. The number of aliphatic hydroxyl groups excluding tert-OH is 1. The standard InChI is InChI=1S/C14H17N3S.C3H8O2/c1-10-5-11(7-12(15)6-10)9-18-14-8-17-4-3-13(14)16-2;1-3(4)5-2/h3-8H,9,15H2,1-2H3,(H,16,17);3-4H,1-2H3. The first kappa shape index (κ1) is 19.3. The molecule has 1 heterocycles. The third-order valence-electron chi connectivity index (χ3n) is 2.95. The average molecular weight is 335 g/mol. The second-order valence-corrected chi connectivity index (χ2v) is 6.01. The van der Waals surface area contributed by atoms with Crippen LogP contribution in [0.3, 0.4) is 0 Å². The normalized spacial score (nSPS) is 11.3. The Labute approximate surface area is 142 Å². The molecular weight excluding hydrogens is 310 g/mol. The number of methoxy groups -OCH3 is 1. The average Bonchev–Trinajstić information content (AvgIpc) is 2.53. The summed E-state index contributed by atoms with van der Waals surface area (Å²) in [6.45, 7) is 3.62. The van der Waals surface area contributed by atoms with Crippen LogP contribution >= 0.6 is 11.8 Å². The van der Waals surface area contributed by atoms with E-state index in [1.165, 1.54) is 18.2 Å². The van der Waals surface area contributed by atoms with Crippen LogP contribution in [0, 0.1) is 6.92 Å². The number of hydrogen-bond acceptors (Lipinski definition) is 6. The molecule has 0 bridgehead atoms. The number of pyridine rings is 1. The van der Waals surface area contributed by atoms with Crippen molar-refractivity contribution in [2.24, 2.45) is 0 Å². The van der Waals surface area contributed by atoms with Crippen LogP contribution in [0.4, 0.5) is 11.4 Å². The van der Waals surface area contributed by atoms with Gasteiger partial charge in [0, 0.05) is 42.9 Å². The number of nitrogens with two attached hydrogens (primary N) is 1. The monoisotopic (exact) mass is 335 g/mol. The molecule has 0 amide bonds. The number of nitrogens with one attached hydrogen (secondary N) is 1. The summed E-state index contributed by atoms with van der Waals surface area (Å²) in [4.78, 5) is 5.31. The molecule has 2 aromatic rings. The zero-order valence-corrected chi connectivity index (χ0v) is 14.9. The number of aliphatic hydroxyl groups is 1. The first-order chi connectivity index (χ1) is 11.0. The van der Waals surface area contributed by atoms with Gasteiger partial charge >= 0.3 is 0 Å². The molecule has 5 nitrogen and oxygen atoms in total. The molecule has 6 heteroatoms. The maximum absolute atomic E-state index is 8.14. The van der Waals surface area contributed by atoms with E-state index in [9.17, 15) is 0 Å². The van der Waals surface area contributed by atoms with Crippen molar-refractivity contribution in [2.45, 2.75) is 30.8 Å². The van der Waals surface area contributed by atoms with Crippen LogP contribution in [-0.2, 0) is 10.5 Å². The van der Waals surface area contributed by atoms with Gasteiger partial charge in [0.25, 0.3) is 0 Å². The smallest absolute Gasteiger partial charge is 0.151 e. The second-order valence-electron chi connectivity index (χ2n) is 5.00. The zero-order valence-electron chi connectivity index (χ0n) is 14.0. The number of aromatic nitrogens is 1. The van der Waals surface area contributed by atoms with E-state index in [4.69, 9.17) is 10.8 Å². The van der Waals surface area contributed by atoms with Crippen molar-refractivity contribution in [3.05, 3.63) is 47.8 Å².